The molecule has 0 atom stereocenters. The van der Waals surface area contributed by atoms with E-state index in [4.69, 9.17) is 13.1 Å². The van der Waals surface area contributed by atoms with E-state index in [-0.39, 0.29) is 0 Å². The Morgan fingerprint density at radius 3 is 0.643 bits per heavy atom. The highest BCUT2D eigenvalue weighted by Crippen LogP contribution is 2.52. The predicted molar refractivity (Wildman–Crippen MR) is 448 cm³/mol. The predicted octanol–water partition coefficient (Wildman–Crippen LogP) is 25.2. The van der Waals surface area contributed by atoms with E-state index in [9.17, 15) is 52.6 Å². The molecule has 20 aromatic rings. The first kappa shape index (κ1) is 68.6. The second kappa shape index (κ2) is 25.6. The molecule has 0 amide bonds. The van der Waals surface area contributed by atoms with Crippen LogP contribution in [-0.2, 0) is 0 Å². The maximum atomic E-state index is 9.87. The quantitative estimate of drug-likeness (QED) is 0.0789. The van der Waals surface area contributed by atoms with Gasteiger partial charge in [-0.2, -0.15) is 52.6 Å². The minimum Gasteiger partial charge on any atom is -0.237 e. The molecule has 0 heterocycles. The Labute approximate surface area is 641 Å². The molecule has 0 fully saturated rings. The standard InChI is InChI=1S/4C25H13N3/c1-13-5-8-19-23-17(9-6-15(11-26)21(13)23)18-7-4-14(2)22-16(12-27)10-20(28-3)24(19)25(18)22;1-13-4-7-17-18-8-5-16(12-27)22-14(2)10-20(28-3)24(25(18)22)19-9-6-15(11-26)21(13)23(17)19;1-13-4-7-20-23-17(12-28)9-16(11-27)22-14(2)3-6-19(25(22)23)18-8-5-15(10-26)21(13)24(18)20;1-13-3-6-18-19-7-4-16(11-27)22-14(2)9-17(12-28)23(25(19)22)20-8-5-15(10-26)21(13)24(18)20/h2*4-10H,1-2H3;2*3-9H,1-2H3. The van der Waals surface area contributed by atoms with Crippen LogP contribution in [0.25, 0.3) is 182 Å². The molecule has 20 rings (SSSR count). The van der Waals surface area contributed by atoms with Crippen molar-refractivity contribution >= 4 is 184 Å². The van der Waals surface area contributed by atoms with Crippen LogP contribution < -0.4 is 0 Å². The fraction of sp³-hybridized carbons (Fsp3) is 0.0800. The number of rotatable bonds is 0. The fourth-order valence-corrected chi connectivity index (χ4v) is 18.5. The van der Waals surface area contributed by atoms with Crippen molar-refractivity contribution in [1.82, 2.24) is 0 Å². The van der Waals surface area contributed by atoms with E-state index >= 15 is 0 Å². The van der Waals surface area contributed by atoms with E-state index in [0.29, 0.717) is 67.0 Å². The highest BCUT2D eigenvalue weighted by Gasteiger charge is 2.27. The van der Waals surface area contributed by atoms with Gasteiger partial charge < -0.3 is 0 Å². The third-order valence-corrected chi connectivity index (χ3v) is 23.1. The van der Waals surface area contributed by atoms with E-state index in [0.717, 1.165) is 217 Å². The van der Waals surface area contributed by atoms with Crippen LogP contribution in [-0.4, -0.2) is 0 Å². The van der Waals surface area contributed by atoms with Gasteiger partial charge in [-0.3, -0.25) is 0 Å². The molecule has 0 aliphatic carbocycles. The van der Waals surface area contributed by atoms with E-state index in [1.54, 1.807) is 12.1 Å². The number of fused-ring (bicyclic) bond motifs is 8. The maximum Gasteiger partial charge on any atom is 0.196 e. The summed E-state index contributed by atoms with van der Waals surface area (Å²) < 4.78 is 0. The molecule has 0 spiro atoms. The van der Waals surface area contributed by atoms with Crippen LogP contribution in [0.3, 0.4) is 0 Å². The fourth-order valence-electron chi connectivity index (χ4n) is 18.5. The van der Waals surface area contributed by atoms with Gasteiger partial charge in [0.05, 0.1) is 124 Å². The molecule has 12 heteroatoms. The molecular weight excluding hydrogens is 1370 g/mol. The molecule has 0 aromatic heterocycles. The summed E-state index contributed by atoms with van der Waals surface area (Å²) in [5, 5.41) is 128. The number of aryl methyl sites for hydroxylation is 8. The van der Waals surface area contributed by atoms with Crippen LogP contribution in [0.4, 0.5) is 11.4 Å². The molecule has 0 aliphatic heterocycles. The van der Waals surface area contributed by atoms with Gasteiger partial charge in [0.2, 0.25) is 0 Å². The van der Waals surface area contributed by atoms with Gasteiger partial charge in [-0.15, -0.1) is 0 Å². The largest absolute Gasteiger partial charge is 0.237 e. The summed E-state index contributed by atoms with van der Waals surface area (Å²) in [6, 6.07) is 77.7. The van der Waals surface area contributed by atoms with Crippen molar-refractivity contribution in [2.45, 2.75) is 55.4 Å². The van der Waals surface area contributed by atoms with E-state index < -0.39 is 0 Å². The molecule has 0 unspecified atom stereocenters. The molecule has 20 aromatic carbocycles. The van der Waals surface area contributed by atoms with E-state index in [1.165, 1.54) is 0 Å². The normalized spacial score (nSPS) is 11.1. The van der Waals surface area contributed by atoms with Gasteiger partial charge in [0.1, 0.15) is 0 Å². The van der Waals surface area contributed by atoms with E-state index in [1.807, 2.05) is 189 Å². The summed E-state index contributed by atoms with van der Waals surface area (Å²) in [6.07, 6.45) is 0. The monoisotopic (exact) mass is 1420 g/mol. The minimum atomic E-state index is 0.481. The molecule has 512 valence electrons. The highest BCUT2D eigenvalue weighted by atomic mass is 14.7. The first-order valence-electron chi connectivity index (χ1n) is 35.9. The van der Waals surface area contributed by atoms with Crippen molar-refractivity contribution < 1.29 is 0 Å². The lowest BCUT2D eigenvalue weighted by Crippen LogP contribution is -1.95. The van der Waals surface area contributed by atoms with Gasteiger partial charge in [0.25, 0.3) is 0 Å². The second-order valence-electron chi connectivity index (χ2n) is 28.8. The van der Waals surface area contributed by atoms with Gasteiger partial charge in [0, 0.05) is 70.2 Å². The Kier molecular flexibility index (Phi) is 15.7. The van der Waals surface area contributed by atoms with Crippen molar-refractivity contribution in [3.05, 3.63) is 293 Å². The zero-order chi connectivity index (χ0) is 78.3. The number of nitriles is 10. The first-order valence-corrected chi connectivity index (χ1v) is 35.9. The van der Waals surface area contributed by atoms with Crippen LogP contribution >= 0.6 is 0 Å². The number of hydrogen-bond donors (Lipinski definition) is 0. The summed E-state index contributed by atoms with van der Waals surface area (Å²) in [7, 11) is 0. The Morgan fingerprint density at radius 1 is 0.170 bits per heavy atom. The van der Waals surface area contributed by atoms with Crippen molar-refractivity contribution in [2.75, 3.05) is 0 Å². The van der Waals surface area contributed by atoms with Crippen molar-refractivity contribution in [2.24, 2.45) is 0 Å². The highest BCUT2D eigenvalue weighted by molar-refractivity contribution is 6.40. The zero-order valence-electron chi connectivity index (χ0n) is 61.5. The number of hydrogen-bond acceptors (Lipinski definition) is 10. The second-order valence-corrected chi connectivity index (χ2v) is 28.8. The average molecular weight is 1420 g/mol. The van der Waals surface area contributed by atoms with Crippen LogP contribution in [0.1, 0.15) is 100 Å². The summed E-state index contributed by atoms with van der Waals surface area (Å²) in [4.78, 5) is 7.57. The van der Waals surface area contributed by atoms with Gasteiger partial charge in [-0.05, 0) is 257 Å². The smallest absolute Gasteiger partial charge is 0.196 e. The van der Waals surface area contributed by atoms with E-state index in [2.05, 4.69) is 94.6 Å². The van der Waals surface area contributed by atoms with Gasteiger partial charge in [-0.25, -0.2) is 9.69 Å². The Morgan fingerprint density at radius 2 is 0.357 bits per heavy atom. The lowest BCUT2D eigenvalue weighted by atomic mass is 9.83. The zero-order valence-corrected chi connectivity index (χ0v) is 61.5. The Hall–Kier alpha value is -16.5. The Balaban J connectivity index is 0.000000108. The molecular formula is C100H52N12. The summed E-state index contributed by atoms with van der Waals surface area (Å²) in [6.45, 7) is 31.4. The van der Waals surface area contributed by atoms with Gasteiger partial charge in [-0.1, -0.05) is 121 Å². The van der Waals surface area contributed by atoms with Crippen LogP contribution in [0.15, 0.2) is 170 Å². The molecule has 0 N–H and O–H groups in total. The summed E-state index contributed by atoms with van der Waals surface area (Å²) in [5.74, 6) is 0. The molecule has 12 nitrogen and oxygen atoms in total. The topological polar surface area (TPSA) is 247 Å². The SMILES string of the molecule is Cc1ccc2c3c(C#N)cc(C#N)c4c(C)ccc(c5ccc(C#N)c1c52)c43.Cc1ccc2c3ccc(C#N)c4c(C)cc(C#N)c(c5ccc(C#N)c1c25)c43.[C-]#[N+]c1cc(C#N)c2c(C)ccc3c4ccc(C#N)c5c(C)ccc(c1c23)c54.[C-]#[N+]c1cc(C)c2c(C#N)ccc3c4ccc(C)c5c(C#N)ccc(c1c23)c54. The van der Waals surface area contributed by atoms with Crippen LogP contribution in [0.5, 0.6) is 0 Å². The molecule has 0 saturated heterocycles. The molecule has 112 heavy (non-hydrogen) atoms. The number of nitrogens with zero attached hydrogens (tertiary/aromatic N) is 12. The van der Waals surface area contributed by atoms with Crippen LogP contribution in [0.2, 0.25) is 0 Å². The molecule has 0 saturated carbocycles. The molecule has 0 radical (unpaired) electrons. The van der Waals surface area contributed by atoms with Gasteiger partial charge >= 0.3 is 0 Å². The average Bonchev–Trinajstić information content (AvgIpc) is 0.721. The van der Waals surface area contributed by atoms with Crippen molar-refractivity contribution in [1.29, 1.82) is 52.6 Å². The van der Waals surface area contributed by atoms with Crippen LogP contribution in [0, 0.1) is 182 Å². The summed E-state index contributed by atoms with van der Waals surface area (Å²) >= 11 is 0. The minimum absolute atomic E-state index is 0.481. The van der Waals surface area contributed by atoms with Crippen molar-refractivity contribution in [3.8, 4) is 60.7 Å². The van der Waals surface area contributed by atoms with Crippen molar-refractivity contribution in [3.63, 3.8) is 0 Å². The molecule has 0 aliphatic rings. The molecule has 0 bridgehead atoms. The Bertz CT molecular complexity index is 7720. The first-order chi connectivity index (χ1) is 54.4. The summed E-state index contributed by atoms with van der Waals surface area (Å²) in [5.41, 5.74) is 15.1. The third kappa shape index (κ3) is 9.41. The lowest BCUT2D eigenvalue weighted by Gasteiger charge is -2.19. The van der Waals surface area contributed by atoms with Gasteiger partial charge in [0.15, 0.2) is 11.4 Å². The maximum absolute atomic E-state index is 9.87. The lowest BCUT2D eigenvalue weighted by molar-refractivity contribution is 1.46. The third-order valence-electron chi connectivity index (χ3n) is 23.1. The number of benzene rings is 20.